The third kappa shape index (κ3) is 6.91. The fraction of sp³-hybridized carbons (Fsp3) is 0.533. The summed E-state index contributed by atoms with van der Waals surface area (Å²) in [6.45, 7) is 6.68. The first-order chi connectivity index (χ1) is 8.97. The standard InChI is InChI=1S/C15H23FN2O/c1-11(2)7-8-12(3)17-10-15(19)18-14-6-4-5-13(16)9-14/h4-6,9,11-12,17H,7-8,10H2,1-3H3,(H,18,19). The number of rotatable bonds is 7. The van der Waals surface area contributed by atoms with Crippen LogP contribution in [0.15, 0.2) is 24.3 Å². The van der Waals surface area contributed by atoms with E-state index < -0.39 is 0 Å². The molecule has 0 bridgehead atoms. The summed E-state index contributed by atoms with van der Waals surface area (Å²) in [5, 5.41) is 5.83. The van der Waals surface area contributed by atoms with Crippen molar-refractivity contribution in [2.45, 2.75) is 39.7 Å². The molecule has 1 rings (SSSR count). The lowest BCUT2D eigenvalue weighted by atomic mass is 10.0. The van der Waals surface area contributed by atoms with Crippen LogP contribution in [0, 0.1) is 11.7 Å². The highest BCUT2D eigenvalue weighted by Crippen LogP contribution is 2.09. The van der Waals surface area contributed by atoms with Crippen molar-refractivity contribution in [2.24, 2.45) is 5.92 Å². The highest BCUT2D eigenvalue weighted by atomic mass is 19.1. The Kier molecular flexibility index (Phi) is 6.50. The molecule has 0 heterocycles. The van der Waals surface area contributed by atoms with E-state index in [0.29, 0.717) is 17.6 Å². The summed E-state index contributed by atoms with van der Waals surface area (Å²) < 4.78 is 12.9. The highest BCUT2D eigenvalue weighted by Gasteiger charge is 2.07. The average Bonchev–Trinajstić information content (AvgIpc) is 2.34. The molecule has 0 saturated carbocycles. The van der Waals surface area contributed by atoms with Gasteiger partial charge < -0.3 is 10.6 Å². The van der Waals surface area contributed by atoms with Crippen molar-refractivity contribution in [2.75, 3.05) is 11.9 Å². The van der Waals surface area contributed by atoms with Gasteiger partial charge in [-0.25, -0.2) is 4.39 Å². The minimum Gasteiger partial charge on any atom is -0.325 e. The largest absolute Gasteiger partial charge is 0.325 e. The molecule has 19 heavy (non-hydrogen) atoms. The SMILES string of the molecule is CC(C)CCC(C)NCC(=O)Nc1cccc(F)c1. The van der Waals surface area contributed by atoms with Gasteiger partial charge in [-0.2, -0.15) is 0 Å². The number of anilines is 1. The van der Waals surface area contributed by atoms with Crippen molar-refractivity contribution >= 4 is 11.6 Å². The maximum Gasteiger partial charge on any atom is 0.238 e. The Hall–Kier alpha value is -1.42. The Morgan fingerprint density at radius 2 is 2.00 bits per heavy atom. The molecule has 0 aliphatic carbocycles. The molecular formula is C15H23FN2O. The van der Waals surface area contributed by atoms with Crippen molar-refractivity contribution in [1.29, 1.82) is 0 Å². The summed E-state index contributed by atoms with van der Waals surface area (Å²) >= 11 is 0. The van der Waals surface area contributed by atoms with Crippen LogP contribution in [0.1, 0.15) is 33.6 Å². The summed E-state index contributed by atoms with van der Waals surface area (Å²) in [4.78, 5) is 11.7. The predicted molar refractivity (Wildman–Crippen MR) is 76.6 cm³/mol. The number of amides is 1. The molecule has 4 heteroatoms. The summed E-state index contributed by atoms with van der Waals surface area (Å²) in [5.74, 6) is 0.170. The van der Waals surface area contributed by atoms with Gasteiger partial charge in [-0.3, -0.25) is 4.79 Å². The van der Waals surface area contributed by atoms with E-state index in [0.717, 1.165) is 12.8 Å². The molecule has 1 atom stereocenters. The Morgan fingerprint density at radius 3 is 2.63 bits per heavy atom. The molecule has 1 aromatic carbocycles. The first kappa shape index (κ1) is 15.6. The van der Waals surface area contributed by atoms with Crippen LogP contribution in [0.3, 0.4) is 0 Å². The van der Waals surface area contributed by atoms with Crippen molar-refractivity contribution in [3.8, 4) is 0 Å². The minimum atomic E-state index is -0.351. The van der Waals surface area contributed by atoms with Crippen LogP contribution in [-0.2, 0) is 4.79 Å². The van der Waals surface area contributed by atoms with E-state index in [1.165, 1.54) is 12.1 Å². The number of carbonyl (C=O) groups is 1. The molecule has 3 nitrogen and oxygen atoms in total. The summed E-state index contributed by atoms with van der Waals surface area (Å²) in [5.41, 5.74) is 0.488. The second kappa shape index (κ2) is 7.89. The Balaban J connectivity index is 2.28. The van der Waals surface area contributed by atoms with E-state index in [1.807, 2.05) is 0 Å². The third-order valence-electron chi connectivity index (χ3n) is 2.90. The summed E-state index contributed by atoms with van der Waals surface area (Å²) in [6, 6.07) is 6.20. The number of hydrogen-bond acceptors (Lipinski definition) is 2. The van der Waals surface area contributed by atoms with Gasteiger partial charge in [0.15, 0.2) is 0 Å². The van der Waals surface area contributed by atoms with Gasteiger partial charge in [-0.1, -0.05) is 19.9 Å². The van der Waals surface area contributed by atoms with Crippen LogP contribution in [-0.4, -0.2) is 18.5 Å². The Morgan fingerprint density at radius 1 is 1.26 bits per heavy atom. The molecule has 0 aromatic heterocycles. The number of halogens is 1. The van der Waals surface area contributed by atoms with Gasteiger partial charge in [-0.15, -0.1) is 0 Å². The molecule has 0 radical (unpaired) electrons. The fourth-order valence-electron chi connectivity index (χ4n) is 1.72. The molecule has 0 spiro atoms. The lowest BCUT2D eigenvalue weighted by Crippen LogP contribution is -2.34. The molecule has 0 fully saturated rings. The van der Waals surface area contributed by atoms with E-state index in [-0.39, 0.29) is 18.3 Å². The zero-order valence-electron chi connectivity index (χ0n) is 11.9. The lowest BCUT2D eigenvalue weighted by Gasteiger charge is -2.14. The zero-order chi connectivity index (χ0) is 14.3. The minimum absolute atomic E-state index is 0.151. The van der Waals surface area contributed by atoms with Gasteiger partial charge in [0.25, 0.3) is 0 Å². The predicted octanol–water partition coefficient (Wildman–Crippen LogP) is 3.18. The second-order valence-corrected chi connectivity index (χ2v) is 5.31. The van der Waals surface area contributed by atoms with Crippen molar-refractivity contribution < 1.29 is 9.18 Å². The summed E-state index contributed by atoms with van der Waals surface area (Å²) in [7, 11) is 0. The second-order valence-electron chi connectivity index (χ2n) is 5.31. The molecular weight excluding hydrogens is 243 g/mol. The molecule has 0 aliphatic rings. The number of hydrogen-bond donors (Lipinski definition) is 2. The van der Waals surface area contributed by atoms with Crippen LogP contribution in [0.2, 0.25) is 0 Å². The van der Waals surface area contributed by atoms with Crippen molar-refractivity contribution in [1.82, 2.24) is 5.32 Å². The van der Waals surface area contributed by atoms with E-state index in [1.54, 1.807) is 12.1 Å². The first-order valence-electron chi connectivity index (χ1n) is 6.76. The molecule has 2 N–H and O–H groups in total. The van der Waals surface area contributed by atoms with Crippen LogP contribution >= 0.6 is 0 Å². The molecule has 1 unspecified atom stereocenters. The van der Waals surface area contributed by atoms with Gasteiger partial charge in [-0.05, 0) is 43.9 Å². The van der Waals surface area contributed by atoms with Gasteiger partial charge >= 0.3 is 0 Å². The molecule has 1 amide bonds. The topological polar surface area (TPSA) is 41.1 Å². The third-order valence-corrected chi connectivity index (χ3v) is 2.90. The van der Waals surface area contributed by atoms with Gasteiger partial charge in [0.2, 0.25) is 5.91 Å². The van der Waals surface area contributed by atoms with Gasteiger partial charge in [0, 0.05) is 11.7 Å². The normalized spacial score (nSPS) is 12.5. The van der Waals surface area contributed by atoms with E-state index in [9.17, 15) is 9.18 Å². The maximum atomic E-state index is 12.9. The quantitative estimate of drug-likeness (QED) is 0.796. The van der Waals surface area contributed by atoms with E-state index in [4.69, 9.17) is 0 Å². The van der Waals surface area contributed by atoms with Crippen LogP contribution in [0.5, 0.6) is 0 Å². The van der Waals surface area contributed by atoms with Gasteiger partial charge in [0.05, 0.1) is 6.54 Å². The molecule has 0 aliphatic heterocycles. The van der Waals surface area contributed by atoms with E-state index >= 15 is 0 Å². The molecule has 106 valence electrons. The Labute approximate surface area is 114 Å². The highest BCUT2D eigenvalue weighted by molar-refractivity contribution is 5.92. The van der Waals surface area contributed by atoms with E-state index in [2.05, 4.69) is 31.4 Å². The monoisotopic (exact) mass is 266 g/mol. The van der Waals surface area contributed by atoms with Crippen LogP contribution in [0.4, 0.5) is 10.1 Å². The zero-order valence-corrected chi connectivity index (χ0v) is 11.9. The van der Waals surface area contributed by atoms with Crippen molar-refractivity contribution in [3.63, 3.8) is 0 Å². The van der Waals surface area contributed by atoms with Crippen LogP contribution in [0.25, 0.3) is 0 Å². The maximum absolute atomic E-state index is 12.9. The average molecular weight is 266 g/mol. The number of carbonyl (C=O) groups excluding carboxylic acids is 1. The Bertz CT molecular complexity index is 407. The molecule has 0 saturated heterocycles. The van der Waals surface area contributed by atoms with Crippen LogP contribution < -0.4 is 10.6 Å². The van der Waals surface area contributed by atoms with Crippen molar-refractivity contribution in [3.05, 3.63) is 30.1 Å². The fourth-order valence-corrected chi connectivity index (χ4v) is 1.72. The summed E-state index contributed by atoms with van der Waals surface area (Å²) in [6.07, 6.45) is 2.19. The smallest absolute Gasteiger partial charge is 0.238 e. The number of nitrogens with one attached hydrogen (secondary N) is 2. The van der Waals surface area contributed by atoms with Gasteiger partial charge in [0.1, 0.15) is 5.82 Å². The lowest BCUT2D eigenvalue weighted by molar-refractivity contribution is -0.115. The molecule has 1 aromatic rings. The first-order valence-corrected chi connectivity index (χ1v) is 6.76. The number of benzene rings is 1.